The van der Waals surface area contributed by atoms with Gasteiger partial charge in [0.2, 0.25) is 0 Å². The summed E-state index contributed by atoms with van der Waals surface area (Å²) in [4.78, 5) is 21.5. The van der Waals surface area contributed by atoms with Crippen molar-refractivity contribution in [2.24, 2.45) is 0 Å². The smallest absolute Gasteiger partial charge is 0.274 e. The Labute approximate surface area is 84.1 Å². The highest BCUT2D eigenvalue weighted by Crippen LogP contribution is 1.97. The molecule has 0 spiro atoms. The molecule has 1 heterocycles. The predicted molar refractivity (Wildman–Crippen MR) is 55.4 cm³/mol. The minimum Gasteiger partial charge on any atom is -0.380 e. The van der Waals surface area contributed by atoms with Gasteiger partial charge in [-0.2, -0.15) is 0 Å². The van der Waals surface area contributed by atoms with Crippen molar-refractivity contribution in [1.29, 1.82) is 0 Å². The van der Waals surface area contributed by atoms with Gasteiger partial charge in [-0.25, -0.2) is 0 Å². The third kappa shape index (κ3) is 3.89. The fourth-order valence-electron chi connectivity index (χ4n) is 0.852. The monoisotopic (exact) mass is 196 g/mol. The van der Waals surface area contributed by atoms with Crippen LogP contribution in [0, 0.1) is 0 Å². The maximum absolute atomic E-state index is 10.9. The van der Waals surface area contributed by atoms with Gasteiger partial charge in [0.05, 0.1) is 0 Å². The molecular formula is C10H16N2O2. The number of carbonyl (C=O) groups is 2. The normalized spacial score (nSPS) is 13.7. The Hall–Kier alpha value is -1.58. The summed E-state index contributed by atoms with van der Waals surface area (Å²) in [6.45, 7) is 8.15. The molecule has 14 heavy (non-hydrogen) atoms. The van der Waals surface area contributed by atoms with Crippen LogP contribution >= 0.6 is 0 Å². The Kier molecular flexibility index (Phi) is 6.11. The molecule has 1 rings (SSSR count). The maximum atomic E-state index is 10.9. The lowest BCUT2D eigenvalue weighted by molar-refractivity contribution is -0.124. The number of carbonyl (C=O) groups excluding carboxylic acids is 2. The fourth-order valence-corrected chi connectivity index (χ4v) is 0.852. The minimum atomic E-state index is -0.360. The van der Waals surface area contributed by atoms with Crippen molar-refractivity contribution in [3.8, 4) is 0 Å². The van der Waals surface area contributed by atoms with Gasteiger partial charge in [0.15, 0.2) is 0 Å². The summed E-state index contributed by atoms with van der Waals surface area (Å²) < 4.78 is 0. The number of hydrogen-bond acceptors (Lipinski definition) is 3. The van der Waals surface area contributed by atoms with E-state index in [-0.39, 0.29) is 11.8 Å². The van der Waals surface area contributed by atoms with Crippen LogP contribution in [0.2, 0.25) is 0 Å². The first-order chi connectivity index (χ1) is 6.74. The molecule has 0 saturated carbocycles. The number of rotatable bonds is 4. The number of imide groups is 1. The zero-order valence-electron chi connectivity index (χ0n) is 8.59. The van der Waals surface area contributed by atoms with Crippen LogP contribution < -0.4 is 10.6 Å². The third-order valence-electron chi connectivity index (χ3n) is 1.42. The lowest BCUT2D eigenvalue weighted by Crippen LogP contribution is -2.27. The molecule has 0 aromatic carbocycles. The number of hydrogen-bond donors (Lipinski definition) is 2. The second kappa shape index (κ2) is 6.88. The Morgan fingerprint density at radius 2 is 2.14 bits per heavy atom. The van der Waals surface area contributed by atoms with E-state index in [2.05, 4.69) is 17.2 Å². The molecule has 1 aliphatic heterocycles. The van der Waals surface area contributed by atoms with Gasteiger partial charge in [-0.1, -0.05) is 19.9 Å². The van der Waals surface area contributed by atoms with E-state index >= 15 is 0 Å². The lowest BCUT2D eigenvalue weighted by Gasteiger charge is -2.01. The van der Waals surface area contributed by atoms with Crippen LogP contribution in [0.25, 0.3) is 0 Å². The Balaban J connectivity index is 0.000000791. The van der Waals surface area contributed by atoms with Crippen LogP contribution in [-0.2, 0) is 9.59 Å². The fraction of sp³-hybridized carbons (Fsp3) is 0.400. The molecule has 4 nitrogen and oxygen atoms in total. The van der Waals surface area contributed by atoms with Gasteiger partial charge >= 0.3 is 0 Å². The van der Waals surface area contributed by atoms with E-state index in [0.29, 0.717) is 12.2 Å². The largest absolute Gasteiger partial charge is 0.380 e. The van der Waals surface area contributed by atoms with E-state index in [1.54, 1.807) is 6.08 Å². The molecule has 0 unspecified atom stereocenters. The molecular weight excluding hydrogens is 180 g/mol. The molecule has 2 amide bonds. The highest BCUT2D eigenvalue weighted by atomic mass is 16.2. The zero-order valence-corrected chi connectivity index (χ0v) is 8.59. The molecule has 2 N–H and O–H groups in total. The van der Waals surface area contributed by atoms with Gasteiger partial charge in [-0.3, -0.25) is 14.9 Å². The summed E-state index contributed by atoms with van der Waals surface area (Å²) in [7, 11) is 0. The maximum Gasteiger partial charge on any atom is 0.274 e. The lowest BCUT2D eigenvalue weighted by atomic mass is 10.4. The van der Waals surface area contributed by atoms with Crippen molar-refractivity contribution in [2.75, 3.05) is 6.54 Å². The van der Waals surface area contributed by atoms with Crippen molar-refractivity contribution in [1.82, 2.24) is 10.6 Å². The quantitative estimate of drug-likeness (QED) is 0.395. The second-order valence-corrected chi connectivity index (χ2v) is 2.38. The van der Waals surface area contributed by atoms with Crippen molar-refractivity contribution in [2.45, 2.75) is 20.3 Å². The molecule has 0 radical (unpaired) electrons. The summed E-state index contributed by atoms with van der Waals surface area (Å²) in [5.41, 5.74) is 0.335. The van der Waals surface area contributed by atoms with Crippen molar-refractivity contribution < 1.29 is 9.59 Å². The molecule has 0 bridgehead atoms. The van der Waals surface area contributed by atoms with Gasteiger partial charge < -0.3 is 5.32 Å². The van der Waals surface area contributed by atoms with E-state index in [1.165, 1.54) is 6.08 Å². The highest BCUT2D eigenvalue weighted by molar-refractivity contribution is 6.15. The summed E-state index contributed by atoms with van der Waals surface area (Å²) in [6.07, 6.45) is 3.76. The second-order valence-electron chi connectivity index (χ2n) is 2.38. The first kappa shape index (κ1) is 12.4. The van der Waals surface area contributed by atoms with Gasteiger partial charge in [0.1, 0.15) is 5.70 Å². The van der Waals surface area contributed by atoms with Gasteiger partial charge in [0.25, 0.3) is 11.8 Å². The topological polar surface area (TPSA) is 58.2 Å². The number of nitrogens with one attached hydrogen (secondary N) is 2. The Morgan fingerprint density at radius 1 is 1.50 bits per heavy atom. The van der Waals surface area contributed by atoms with Crippen LogP contribution in [-0.4, -0.2) is 18.4 Å². The van der Waals surface area contributed by atoms with Gasteiger partial charge in [-0.15, -0.1) is 6.58 Å². The molecule has 4 heteroatoms. The molecule has 0 saturated heterocycles. The number of amides is 2. The van der Waals surface area contributed by atoms with E-state index in [4.69, 9.17) is 0 Å². The summed E-state index contributed by atoms with van der Waals surface area (Å²) in [5.74, 6) is -0.717. The average molecular weight is 196 g/mol. The molecule has 0 aromatic rings. The van der Waals surface area contributed by atoms with Crippen LogP contribution in [0.15, 0.2) is 24.4 Å². The van der Waals surface area contributed by atoms with Gasteiger partial charge in [-0.05, 0) is 6.42 Å². The van der Waals surface area contributed by atoms with Crippen LogP contribution in [0.4, 0.5) is 0 Å². The average Bonchev–Trinajstić information content (AvgIpc) is 2.49. The predicted octanol–water partition coefficient (Wildman–Crippen LogP) is 0.719. The minimum absolute atomic E-state index is 0.335. The molecule has 0 fully saturated rings. The van der Waals surface area contributed by atoms with E-state index in [0.717, 1.165) is 6.42 Å². The first-order valence-electron chi connectivity index (χ1n) is 4.66. The third-order valence-corrected chi connectivity index (χ3v) is 1.42. The molecule has 0 atom stereocenters. The van der Waals surface area contributed by atoms with Crippen LogP contribution in [0.5, 0.6) is 0 Å². The van der Waals surface area contributed by atoms with E-state index in [9.17, 15) is 9.59 Å². The standard InChI is InChI=1S/C8H10N2O2.C2H6/c1-2-3-4-9-6-5-7(11)10-8(6)12;1-2/h2,5H,1,3-4H2,(H2,9,10,11,12);1-2H3. The first-order valence-corrected chi connectivity index (χ1v) is 4.66. The SMILES string of the molecule is C=CCCNC1=CC(=O)NC1=O.CC. The van der Waals surface area contributed by atoms with Crippen molar-refractivity contribution >= 4 is 11.8 Å². The Morgan fingerprint density at radius 3 is 2.57 bits per heavy atom. The van der Waals surface area contributed by atoms with Crippen LogP contribution in [0.3, 0.4) is 0 Å². The Bertz CT molecular complexity index is 257. The molecule has 1 aliphatic rings. The summed E-state index contributed by atoms with van der Waals surface area (Å²) in [6, 6.07) is 0. The van der Waals surface area contributed by atoms with E-state index in [1.807, 2.05) is 13.8 Å². The molecule has 0 aliphatic carbocycles. The summed E-state index contributed by atoms with van der Waals surface area (Å²) >= 11 is 0. The highest BCUT2D eigenvalue weighted by Gasteiger charge is 2.19. The molecule has 78 valence electrons. The van der Waals surface area contributed by atoms with E-state index < -0.39 is 0 Å². The zero-order chi connectivity index (χ0) is 11.0. The van der Waals surface area contributed by atoms with Crippen LogP contribution in [0.1, 0.15) is 20.3 Å². The van der Waals surface area contributed by atoms with Crippen molar-refractivity contribution in [3.63, 3.8) is 0 Å². The van der Waals surface area contributed by atoms with Crippen molar-refractivity contribution in [3.05, 3.63) is 24.4 Å². The molecule has 0 aromatic heterocycles. The van der Waals surface area contributed by atoms with Gasteiger partial charge in [0, 0.05) is 12.6 Å². The summed E-state index contributed by atoms with van der Waals surface area (Å²) in [5, 5.41) is 4.95.